The number of anilines is 2. The van der Waals surface area contributed by atoms with Crippen LogP contribution in [0.5, 0.6) is 0 Å². The summed E-state index contributed by atoms with van der Waals surface area (Å²) in [5.41, 5.74) is 3.48. The molecule has 2 heterocycles. The van der Waals surface area contributed by atoms with Gasteiger partial charge in [-0.15, -0.1) is 0 Å². The second-order valence-electron chi connectivity index (χ2n) is 10.1. The highest BCUT2D eigenvalue weighted by atomic mass is 35.5. The molecule has 0 bridgehead atoms. The van der Waals surface area contributed by atoms with E-state index in [1.807, 2.05) is 20.2 Å². The molecule has 1 N–H and O–H groups in total. The third-order valence-electron chi connectivity index (χ3n) is 6.77. The van der Waals surface area contributed by atoms with E-state index in [1.54, 1.807) is 54.5 Å². The van der Waals surface area contributed by atoms with Crippen LogP contribution in [0.2, 0.25) is 5.02 Å². The first-order valence-electron chi connectivity index (χ1n) is 13.1. The number of nitrogens with zero attached hydrogens (tertiary/aromatic N) is 5. The van der Waals surface area contributed by atoms with Crippen LogP contribution in [0.25, 0.3) is 11.3 Å². The van der Waals surface area contributed by atoms with Crippen LogP contribution in [0.3, 0.4) is 0 Å². The Morgan fingerprint density at radius 1 is 0.976 bits per heavy atom. The molecule has 0 spiro atoms. The average Bonchev–Trinajstić information content (AvgIpc) is 3.09. The molecule has 0 unspecified atom stereocenters. The second kappa shape index (κ2) is 12.1. The second-order valence-corrected chi connectivity index (χ2v) is 10.5. The molecule has 0 atom stereocenters. The summed E-state index contributed by atoms with van der Waals surface area (Å²) in [5.74, 6) is -1.21. The standard InChI is InChI=1S/C31H29ClF2N6O/c1-39(2)13-6-14-40(3)30(41)19-7-4-8-22(15-19)37-31-36-18-20-17-35-29(27-25(33)9-5-10-26(27)34)24-16-21(32)11-12-23(24)28(20)38-31/h4-5,7-12,15-16,18H,6,13-14,17H2,1-3H3,(H,36,37,38). The summed E-state index contributed by atoms with van der Waals surface area (Å²) < 4.78 is 29.6. The lowest BCUT2D eigenvalue weighted by atomic mass is 9.95. The number of amides is 1. The predicted molar refractivity (Wildman–Crippen MR) is 158 cm³/mol. The summed E-state index contributed by atoms with van der Waals surface area (Å²) in [5, 5.41) is 3.59. The molecule has 1 amide bonds. The summed E-state index contributed by atoms with van der Waals surface area (Å²) in [6.45, 7) is 1.66. The molecular weight excluding hydrogens is 546 g/mol. The summed E-state index contributed by atoms with van der Waals surface area (Å²) >= 11 is 6.31. The van der Waals surface area contributed by atoms with Crippen molar-refractivity contribution >= 4 is 34.9 Å². The summed E-state index contributed by atoms with van der Waals surface area (Å²) in [6.07, 6.45) is 2.51. The summed E-state index contributed by atoms with van der Waals surface area (Å²) in [4.78, 5) is 30.6. The van der Waals surface area contributed by atoms with E-state index in [1.165, 1.54) is 18.2 Å². The fourth-order valence-corrected chi connectivity index (χ4v) is 4.90. The van der Waals surface area contributed by atoms with Crippen LogP contribution in [0.15, 0.2) is 71.9 Å². The number of aromatic nitrogens is 2. The molecule has 5 rings (SSSR count). The number of nitrogens with one attached hydrogen (secondary N) is 1. The van der Waals surface area contributed by atoms with Crippen molar-refractivity contribution in [1.29, 1.82) is 0 Å². The molecule has 10 heteroatoms. The highest BCUT2D eigenvalue weighted by molar-refractivity contribution is 6.31. The van der Waals surface area contributed by atoms with Crippen molar-refractivity contribution in [2.75, 3.05) is 39.5 Å². The van der Waals surface area contributed by atoms with Crippen LogP contribution in [0, 0.1) is 11.6 Å². The smallest absolute Gasteiger partial charge is 0.253 e. The molecular formula is C31H29ClF2N6O. The first kappa shape index (κ1) is 28.3. The molecule has 0 radical (unpaired) electrons. The van der Waals surface area contributed by atoms with Crippen LogP contribution in [0.4, 0.5) is 20.4 Å². The van der Waals surface area contributed by atoms with Gasteiger partial charge in [-0.1, -0.05) is 29.8 Å². The molecule has 0 saturated carbocycles. The monoisotopic (exact) mass is 574 g/mol. The van der Waals surface area contributed by atoms with Gasteiger partial charge in [-0.25, -0.2) is 18.7 Å². The van der Waals surface area contributed by atoms with Gasteiger partial charge < -0.3 is 15.1 Å². The van der Waals surface area contributed by atoms with Gasteiger partial charge in [-0.3, -0.25) is 9.79 Å². The minimum absolute atomic E-state index is 0.0777. The van der Waals surface area contributed by atoms with Crippen molar-refractivity contribution in [3.05, 3.63) is 106 Å². The highest BCUT2D eigenvalue weighted by Crippen LogP contribution is 2.34. The van der Waals surface area contributed by atoms with Crippen molar-refractivity contribution < 1.29 is 13.6 Å². The van der Waals surface area contributed by atoms with Gasteiger partial charge in [0.05, 0.1) is 23.5 Å². The molecule has 7 nitrogen and oxygen atoms in total. The molecule has 0 fully saturated rings. The number of rotatable bonds is 8. The number of carbonyl (C=O) groups excluding carboxylic acids is 1. The minimum atomic E-state index is -0.716. The Balaban J connectivity index is 1.44. The maximum absolute atomic E-state index is 14.8. The zero-order valence-electron chi connectivity index (χ0n) is 23.0. The Morgan fingerprint density at radius 3 is 2.49 bits per heavy atom. The average molecular weight is 575 g/mol. The van der Waals surface area contributed by atoms with E-state index in [0.29, 0.717) is 51.2 Å². The number of aliphatic imine (C=N–C) groups is 1. The van der Waals surface area contributed by atoms with E-state index in [9.17, 15) is 13.6 Å². The Morgan fingerprint density at radius 2 is 1.73 bits per heavy atom. The first-order chi connectivity index (χ1) is 19.7. The Hall–Kier alpha value is -4.21. The molecule has 0 aliphatic carbocycles. The van der Waals surface area contributed by atoms with Gasteiger partial charge >= 0.3 is 0 Å². The van der Waals surface area contributed by atoms with Crippen molar-refractivity contribution in [2.24, 2.45) is 4.99 Å². The largest absolute Gasteiger partial charge is 0.342 e. The van der Waals surface area contributed by atoms with Gasteiger partial charge in [0.1, 0.15) is 11.6 Å². The van der Waals surface area contributed by atoms with E-state index >= 15 is 0 Å². The fourth-order valence-electron chi connectivity index (χ4n) is 4.73. The Bertz CT molecular complexity index is 1620. The molecule has 41 heavy (non-hydrogen) atoms. The minimum Gasteiger partial charge on any atom is -0.342 e. The van der Waals surface area contributed by atoms with Gasteiger partial charge in [0.2, 0.25) is 5.95 Å². The zero-order valence-corrected chi connectivity index (χ0v) is 23.7. The third-order valence-corrected chi connectivity index (χ3v) is 7.01. The molecule has 1 aromatic heterocycles. The summed E-state index contributed by atoms with van der Waals surface area (Å²) in [6, 6.07) is 16.0. The Kier molecular flexibility index (Phi) is 8.37. The van der Waals surface area contributed by atoms with Gasteiger partial charge in [0, 0.05) is 52.8 Å². The molecule has 0 saturated heterocycles. The molecule has 210 valence electrons. The highest BCUT2D eigenvalue weighted by Gasteiger charge is 2.25. The topological polar surface area (TPSA) is 73.7 Å². The van der Waals surface area contributed by atoms with Gasteiger partial charge in [-0.05, 0) is 69.5 Å². The van der Waals surface area contributed by atoms with Crippen LogP contribution < -0.4 is 5.32 Å². The van der Waals surface area contributed by atoms with Gasteiger partial charge in [0.15, 0.2) is 0 Å². The van der Waals surface area contributed by atoms with E-state index < -0.39 is 11.6 Å². The normalized spacial score (nSPS) is 12.3. The molecule has 1 aliphatic rings. The van der Waals surface area contributed by atoms with Crippen molar-refractivity contribution in [3.63, 3.8) is 0 Å². The number of hydrogen-bond acceptors (Lipinski definition) is 6. The van der Waals surface area contributed by atoms with Crippen LogP contribution in [-0.4, -0.2) is 65.6 Å². The van der Waals surface area contributed by atoms with Crippen molar-refractivity contribution in [3.8, 4) is 11.3 Å². The number of hydrogen-bond donors (Lipinski definition) is 1. The molecule has 1 aliphatic heterocycles. The fraction of sp³-hybridized carbons (Fsp3) is 0.226. The maximum Gasteiger partial charge on any atom is 0.253 e. The van der Waals surface area contributed by atoms with Crippen LogP contribution in [0.1, 0.15) is 33.5 Å². The number of halogens is 3. The van der Waals surface area contributed by atoms with E-state index in [2.05, 4.69) is 20.2 Å². The van der Waals surface area contributed by atoms with E-state index in [0.717, 1.165) is 13.0 Å². The van der Waals surface area contributed by atoms with Crippen molar-refractivity contribution in [1.82, 2.24) is 19.8 Å². The lowest BCUT2D eigenvalue weighted by molar-refractivity contribution is 0.0790. The predicted octanol–water partition coefficient (Wildman–Crippen LogP) is 6.19. The number of carbonyl (C=O) groups is 1. The molecule has 4 aromatic rings. The summed E-state index contributed by atoms with van der Waals surface area (Å²) in [7, 11) is 5.80. The number of fused-ring (bicyclic) bond motifs is 3. The quantitative estimate of drug-likeness (QED) is 0.271. The van der Waals surface area contributed by atoms with E-state index in [4.69, 9.17) is 16.6 Å². The first-order valence-corrected chi connectivity index (χ1v) is 13.5. The van der Waals surface area contributed by atoms with Crippen molar-refractivity contribution in [2.45, 2.75) is 13.0 Å². The molecule has 3 aromatic carbocycles. The van der Waals surface area contributed by atoms with Crippen LogP contribution >= 0.6 is 11.6 Å². The number of benzene rings is 3. The maximum atomic E-state index is 14.8. The Labute approximate surface area is 242 Å². The SMILES string of the molecule is CN(C)CCCN(C)C(=O)c1cccc(Nc2ncc3c(n2)-c2ccc(Cl)cc2C(c2c(F)cccc2F)=NC3)c1. The van der Waals surface area contributed by atoms with Gasteiger partial charge in [-0.2, -0.15) is 0 Å². The lowest BCUT2D eigenvalue weighted by Crippen LogP contribution is -2.29. The lowest BCUT2D eigenvalue weighted by Gasteiger charge is -2.19. The zero-order chi connectivity index (χ0) is 29.1. The van der Waals surface area contributed by atoms with Gasteiger partial charge in [0.25, 0.3) is 5.91 Å². The third kappa shape index (κ3) is 6.26. The van der Waals surface area contributed by atoms with E-state index in [-0.39, 0.29) is 23.7 Å². The van der Waals surface area contributed by atoms with Crippen LogP contribution in [-0.2, 0) is 6.54 Å².